The fraction of sp³-hybridized carbons (Fsp3) is 0.200. The zero-order valence-electron chi connectivity index (χ0n) is 8.85. The number of halogens is 2. The number of benzene rings is 1. The Hall–Kier alpha value is -2.22. The first-order chi connectivity index (χ1) is 8.38. The van der Waals surface area contributed by atoms with E-state index in [0.717, 1.165) is 6.07 Å². The minimum Gasteiger partial charge on any atom is -0.546 e. The minimum atomic E-state index is -1.84. The third kappa shape index (κ3) is 2.72. The standard InChI is InChI=1S/C10H9F2NO5/c11-4-1-2-5(8(12)7(4)9(13)15)18-6(3-14)10(16)17/h1-2,6,14H,3H2,(H2,13,15)(H,16,17)/p-1. The zero-order chi connectivity index (χ0) is 13.9. The molecule has 0 aliphatic carbocycles. The van der Waals surface area contributed by atoms with E-state index in [1.165, 1.54) is 0 Å². The van der Waals surface area contributed by atoms with E-state index in [-0.39, 0.29) is 0 Å². The van der Waals surface area contributed by atoms with Crippen LogP contribution in [0.1, 0.15) is 10.4 Å². The molecule has 3 N–H and O–H groups in total. The minimum absolute atomic E-state index is 0.683. The predicted octanol–water partition coefficient (Wildman–Crippen LogP) is -1.45. The van der Waals surface area contributed by atoms with Crippen LogP contribution in [0.4, 0.5) is 8.78 Å². The van der Waals surface area contributed by atoms with Gasteiger partial charge in [0.1, 0.15) is 11.4 Å². The quantitative estimate of drug-likeness (QED) is 0.672. The topological polar surface area (TPSA) is 113 Å². The van der Waals surface area contributed by atoms with Gasteiger partial charge in [0.05, 0.1) is 12.6 Å². The van der Waals surface area contributed by atoms with E-state index in [2.05, 4.69) is 4.74 Å². The molecule has 0 saturated carbocycles. The number of amides is 1. The summed E-state index contributed by atoms with van der Waals surface area (Å²) < 4.78 is 31.2. The number of rotatable bonds is 5. The van der Waals surface area contributed by atoms with Crippen molar-refractivity contribution in [3.8, 4) is 5.75 Å². The van der Waals surface area contributed by atoms with Crippen molar-refractivity contribution in [1.29, 1.82) is 0 Å². The summed E-state index contributed by atoms with van der Waals surface area (Å²) in [6, 6.07) is 1.45. The number of nitrogens with two attached hydrogens (primary N) is 1. The van der Waals surface area contributed by atoms with Crippen LogP contribution in [0, 0.1) is 11.6 Å². The second-order valence-corrected chi connectivity index (χ2v) is 3.21. The average molecular weight is 260 g/mol. The number of primary amides is 1. The van der Waals surface area contributed by atoms with Crippen LogP contribution in [0.25, 0.3) is 0 Å². The van der Waals surface area contributed by atoms with Gasteiger partial charge in [-0.3, -0.25) is 4.79 Å². The number of ether oxygens (including phenoxy) is 1. The number of aliphatic hydroxyl groups is 1. The van der Waals surface area contributed by atoms with Gasteiger partial charge in [0.15, 0.2) is 17.7 Å². The largest absolute Gasteiger partial charge is 0.546 e. The third-order valence-electron chi connectivity index (χ3n) is 2.00. The molecule has 0 saturated heterocycles. The Bertz CT molecular complexity index is 491. The molecule has 0 aliphatic heterocycles. The van der Waals surface area contributed by atoms with Crippen LogP contribution in [0.2, 0.25) is 0 Å². The molecule has 1 aromatic carbocycles. The molecule has 8 heteroatoms. The van der Waals surface area contributed by atoms with E-state index in [9.17, 15) is 23.5 Å². The van der Waals surface area contributed by atoms with Crippen molar-refractivity contribution in [2.24, 2.45) is 5.73 Å². The van der Waals surface area contributed by atoms with E-state index in [1.54, 1.807) is 0 Å². The number of aliphatic hydroxyl groups excluding tert-OH is 1. The van der Waals surface area contributed by atoms with Crippen molar-refractivity contribution in [1.82, 2.24) is 0 Å². The molecule has 0 aromatic heterocycles. The molecule has 0 fully saturated rings. The van der Waals surface area contributed by atoms with Crippen molar-refractivity contribution in [3.05, 3.63) is 29.3 Å². The van der Waals surface area contributed by atoms with Gasteiger partial charge < -0.3 is 25.5 Å². The van der Waals surface area contributed by atoms with Gasteiger partial charge in [-0.25, -0.2) is 8.78 Å². The summed E-state index contributed by atoms with van der Waals surface area (Å²) in [6.07, 6.45) is -1.84. The molecule has 98 valence electrons. The zero-order valence-corrected chi connectivity index (χ0v) is 8.85. The van der Waals surface area contributed by atoms with Crippen LogP contribution >= 0.6 is 0 Å². The molecule has 0 bridgehead atoms. The molecular weight excluding hydrogens is 252 g/mol. The predicted molar refractivity (Wildman–Crippen MR) is 51.4 cm³/mol. The number of hydrogen-bond acceptors (Lipinski definition) is 5. The first kappa shape index (κ1) is 13.8. The number of carbonyl (C=O) groups is 2. The van der Waals surface area contributed by atoms with Crippen LogP contribution in [-0.2, 0) is 4.79 Å². The maximum Gasteiger partial charge on any atom is 0.254 e. The highest BCUT2D eigenvalue weighted by atomic mass is 19.1. The Labute approximate surface area is 99.6 Å². The van der Waals surface area contributed by atoms with E-state index in [1.807, 2.05) is 0 Å². The van der Waals surface area contributed by atoms with Crippen molar-refractivity contribution in [2.75, 3.05) is 6.61 Å². The Morgan fingerprint density at radius 2 is 2.06 bits per heavy atom. The first-order valence-corrected chi connectivity index (χ1v) is 4.64. The molecule has 0 spiro atoms. The molecule has 0 radical (unpaired) electrons. The number of carboxylic acid groups (broad SMARTS) is 1. The molecule has 1 aromatic rings. The van der Waals surface area contributed by atoms with E-state index in [4.69, 9.17) is 10.8 Å². The molecule has 1 amide bonds. The van der Waals surface area contributed by atoms with Crippen molar-refractivity contribution in [3.63, 3.8) is 0 Å². The molecular formula is C10H8F2NO5-. The van der Waals surface area contributed by atoms with Gasteiger partial charge in [0, 0.05) is 0 Å². The summed E-state index contributed by atoms with van der Waals surface area (Å²) >= 11 is 0. The molecule has 6 nitrogen and oxygen atoms in total. The summed E-state index contributed by atoms with van der Waals surface area (Å²) in [5.74, 6) is -6.54. The van der Waals surface area contributed by atoms with Gasteiger partial charge in [-0.2, -0.15) is 0 Å². The Morgan fingerprint density at radius 1 is 1.44 bits per heavy atom. The van der Waals surface area contributed by atoms with Crippen LogP contribution < -0.4 is 15.6 Å². The maximum absolute atomic E-state index is 13.6. The summed E-state index contributed by atoms with van der Waals surface area (Å²) in [4.78, 5) is 21.2. The fourth-order valence-corrected chi connectivity index (χ4v) is 1.16. The lowest BCUT2D eigenvalue weighted by molar-refractivity contribution is -0.314. The second-order valence-electron chi connectivity index (χ2n) is 3.21. The Kier molecular flexibility index (Phi) is 4.16. The SMILES string of the molecule is NC(=O)c1c(F)ccc(OC(CO)C(=O)[O-])c1F. The molecule has 1 unspecified atom stereocenters. The maximum atomic E-state index is 13.6. The fourth-order valence-electron chi connectivity index (χ4n) is 1.16. The van der Waals surface area contributed by atoms with Crippen molar-refractivity contribution < 1.29 is 33.3 Å². The van der Waals surface area contributed by atoms with E-state index >= 15 is 0 Å². The average Bonchev–Trinajstić information content (AvgIpc) is 2.27. The van der Waals surface area contributed by atoms with Crippen molar-refractivity contribution >= 4 is 11.9 Å². The van der Waals surface area contributed by atoms with Gasteiger partial charge in [0.2, 0.25) is 0 Å². The molecule has 0 aliphatic rings. The number of carbonyl (C=O) groups excluding carboxylic acids is 2. The summed E-state index contributed by atoms with van der Waals surface area (Å²) in [5, 5.41) is 19.1. The Balaban J connectivity index is 3.15. The normalized spacial score (nSPS) is 11.9. The van der Waals surface area contributed by atoms with Gasteiger partial charge >= 0.3 is 0 Å². The first-order valence-electron chi connectivity index (χ1n) is 4.64. The number of aliphatic carboxylic acids is 1. The van der Waals surface area contributed by atoms with Gasteiger partial charge in [-0.05, 0) is 12.1 Å². The molecule has 18 heavy (non-hydrogen) atoms. The summed E-state index contributed by atoms with van der Waals surface area (Å²) in [5.41, 5.74) is 3.70. The smallest absolute Gasteiger partial charge is 0.254 e. The second kappa shape index (κ2) is 5.41. The Morgan fingerprint density at radius 3 is 2.50 bits per heavy atom. The van der Waals surface area contributed by atoms with Crippen molar-refractivity contribution in [2.45, 2.75) is 6.10 Å². The van der Waals surface area contributed by atoms with Crippen LogP contribution in [0.3, 0.4) is 0 Å². The summed E-state index contributed by atoms with van der Waals surface area (Å²) in [7, 11) is 0. The highest BCUT2D eigenvalue weighted by Gasteiger charge is 2.21. The number of carboxylic acids is 1. The van der Waals surface area contributed by atoms with Crippen LogP contribution in [0.15, 0.2) is 12.1 Å². The van der Waals surface area contributed by atoms with Crippen LogP contribution in [0.5, 0.6) is 5.75 Å². The van der Waals surface area contributed by atoms with Gasteiger partial charge in [-0.1, -0.05) is 0 Å². The van der Waals surface area contributed by atoms with Gasteiger partial charge in [-0.15, -0.1) is 0 Å². The molecule has 1 atom stereocenters. The van der Waals surface area contributed by atoms with Gasteiger partial charge in [0.25, 0.3) is 5.91 Å². The molecule has 0 heterocycles. The lowest BCUT2D eigenvalue weighted by Crippen LogP contribution is -2.42. The van der Waals surface area contributed by atoms with Crippen LogP contribution in [-0.4, -0.2) is 29.7 Å². The van der Waals surface area contributed by atoms with E-state index in [0.29, 0.717) is 6.07 Å². The highest BCUT2D eigenvalue weighted by Crippen LogP contribution is 2.23. The van der Waals surface area contributed by atoms with E-state index < -0.39 is 47.5 Å². The monoisotopic (exact) mass is 260 g/mol. The molecule has 1 rings (SSSR count). The lowest BCUT2D eigenvalue weighted by atomic mass is 10.1. The lowest BCUT2D eigenvalue weighted by Gasteiger charge is -2.18. The third-order valence-corrected chi connectivity index (χ3v) is 2.00. The number of hydrogen-bond donors (Lipinski definition) is 2. The highest BCUT2D eigenvalue weighted by molar-refractivity contribution is 5.93. The summed E-state index contributed by atoms with van der Waals surface area (Å²) in [6.45, 7) is -0.981.